The number of hydrogen-bond donors (Lipinski definition) is 1. The smallest absolute Gasteiger partial charge is 0.255 e. The third-order valence-corrected chi connectivity index (χ3v) is 5.04. The fourth-order valence-corrected chi connectivity index (χ4v) is 3.46. The molecule has 0 atom stereocenters. The summed E-state index contributed by atoms with van der Waals surface area (Å²) in [6.07, 6.45) is 3.85. The third-order valence-electron chi connectivity index (χ3n) is 5.04. The van der Waals surface area contributed by atoms with Crippen LogP contribution in [0.15, 0.2) is 30.5 Å². The Bertz CT molecular complexity index is 700. The van der Waals surface area contributed by atoms with Crippen LogP contribution in [0.5, 0.6) is 0 Å². The van der Waals surface area contributed by atoms with E-state index in [-0.39, 0.29) is 5.91 Å². The number of pyridine rings is 1. The molecule has 0 aliphatic carbocycles. The van der Waals surface area contributed by atoms with Gasteiger partial charge in [0.25, 0.3) is 5.91 Å². The summed E-state index contributed by atoms with van der Waals surface area (Å²) in [6, 6.07) is 8.48. The van der Waals surface area contributed by atoms with Crippen LogP contribution in [-0.2, 0) is 6.54 Å². The minimum atomic E-state index is 0.157. The van der Waals surface area contributed by atoms with Gasteiger partial charge in [-0.1, -0.05) is 6.07 Å². The van der Waals surface area contributed by atoms with Gasteiger partial charge in [-0.05, 0) is 51.9 Å². The lowest BCUT2D eigenvalue weighted by Crippen LogP contribution is -2.44. The summed E-state index contributed by atoms with van der Waals surface area (Å²) >= 11 is 0. The van der Waals surface area contributed by atoms with E-state index in [2.05, 4.69) is 21.8 Å². The number of piperidine rings is 1. The summed E-state index contributed by atoms with van der Waals surface area (Å²) in [4.78, 5) is 19.3. The predicted molar refractivity (Wildman–Crippen MR) is 95.2 cm³/mol. The molecule has 2 aromatic rings. The van der Waals surface area contributed by atoms with Crippen LogP contribution in [0.1, 0.15) is 40.3 Å². The van der Waals surface area contributed by atoms with Crippen molar-refractivity contribution < 1.29 is 4.79 Å². The first-order chi connectivity index (χ1) is 11.6. The molecule has 5 heteroatoms. The normalized spacial score (nSPS) is 15.7. The first kappa shape index (κ1) is 16.7. The average Bonchev–Trinajstić information content (AvgIpc) is 2.90. The molecule has 1 saturated heterocycles. The Hall–Kier alpha value is -2.14. The Morgan fingerprint density at radius 1 is 1.29 bits per heavy atom. The van der Waals surface area contributed by atoms with E-state index in [1.54, 1.807) is 0 Å². The van der Waals surface area contributed by atoms with Crippen molar-refractivity contribution in [3.05, 3.63) is 53.1 Å². The first-order valence-corrected chi connectivity index (χ1v) is 8.63. The molecule has 1 aliphatic rings. The number of nitrogens with zero attached hydrogens (tertiary/aromatic N) is 3. The molecular formula is C19H26N4O. The second-order valence-corrected chi connectivity index (χ2v) is 6.55. The van der Waals surface area contributed by atoms with Gasteiger partial charge in [-0.3, -0.25) is 9.78 Å². The number of aryl methyl sites for hydroxylation is 1. The second-order valence-electron chi connectivity index (χ2n) is 6.55. The van der Waals surface area contributed by atoms with Crippen LogP contribution in [0.25, 0.3) is 0 Å². The van der Waals surface area contributed by atoms with Crippen LogP contribution in [-0.4, -0.2) is 46.5 Å². The minimum absolute atomic E-state index is 0.157. The van der Waals surface area contributed by atoms with Gasteiger partial charge < -0.3 is 14.8 Å². The van der Waals surface area contributed by atoms with Gasteiger partial charge in [0, 0.05) is 36.7 Å². The van der Waals surface area contributed by atoms with Crippen molar-refractivity contribution in [2.24, 2.45) is 0 Å². The summed E-state index contributed by atoms with van der Waals surface area (Å²) in [5, 5.41) is 3.31. The van der Waals surface area contributed by atoms with E-state index >= 15 is 0 Å². The molecule has 0 unspecified atom stereocenters. The van der Waals surface area contributed by atoms with E-state index in [1.807, 2.05) is 49.3 Å². The van der Waals surface area contributed by atoms with Gasteiger partial charge in [0.1, 0.15) is 0 Å². The Balaban J connectivity index is 1.77. The van der Waals surface area contributed by atoms with E-state index in [4.69, 9.17) is 0 Å². The maximum absolute atomic E-state index is 12.9. The fraction of sp³-hybridized carbons (Fsp3) is 0.474. The molecule has 24 heavy (non-hydrogen) atoms. The van der Waals surface area contributed by atoms with Crippen LogP contribution in [0.3, 0.4) is 0 Å². The highest BCUT2D eigenvalue weighted by molar-refractivity contribution is 5.95. The zero-order chi connectivity index (χ0) is 17.1. The highest BCUT2D eigenvalue weighted by Crippen LogP contribution is 2.20. The van der Waals surface area contributed by atoms with Crippen LogP contribution in [0.2, 0.25) is 0 Å². The topological polar surface area (TPSA) is 50.2 Å². The number of nitrogens with one attached hydrogen (secondary N) is 1. The molecule has 5 nitrogen and oxygen atoms in total. The maximum atomic E-state index is 12.9. The molecule has 1 N–H and O–H groups in total. The summed E-state index contributed by atoms with van der Waals surface area (Å²) in [5.41, 5.74) is 3.96. The lowest BCUT2D eigenvalue weighted by molar-refractivity contribution is 0.0706. The Morgan fingerprint density at radius 3 is 2.67 bits per heavy atom. The van der Waals surface area contributed by atoms with Crippen LogP contribution in [0.4, 0.5) is 0 Å². The summed E-state index contributed by atoms with van der Waals surface area (Å²) in [6.45, 7) is 6.44. The number of rotatable bonds is 4. The van der Waals surface area contributed by atoms with E-state index in [1.165, 1.54) is 0 Å². The van der Waals surface area contributed by atoms with Gasteiger partial charge in [0.05, 0.1) is 17.8 Å². The van der Waals surface area contributed by atoms with Crippen molar-refractivity contribution in [2.75, 3.05) is 20.1 Å². The Morgan fingerprint density at radius 2 is 2.04 bits per heavy atom. The minimum Gasteiger partial charge on any atom is -0.342 e. The van der Waals surface area contributed by atoms with Crippen molar-refractivity contribution in [3.63, 3.8) is 0 Å². The van der Waals surface area contributed by atoms with Gasteiger partial charge in [-0.15, -0.1) is 0 Å². The Labute approximate surface area is 143 Å². The second kappa shape index (κ2) is 7.18. The number of likely N-dealkylation sites (tertiary alicyclic amines) is 1. The number of carbonyl (C=O) groups is 1. The molecular weight excluding hydrogens is 300 g/mol. The quantitative estimate of drug-likeness (QED) is 0.938. The molecule has 0 aromatic carbocycles. The third kappa shape index (κ3) is 3.36. The van der Waals surface area contributed by atoms with Gasteiger partial charge in [-0.2, -0.15) is 0 Å². The monoisotopic (exact) mass is 326 g/mol. The van der Waals surface area contributed by atoms with Gasteiger partial charge in [-0.25, -0.2) is 0 Å². The standard InChI is InChI=1S/C19H26N4O/c1-14-12-18(19(24)22-10-7-16(20-3)8-11-22)15(2)23(14)13-17-6-4-5-9-21-17/h4-6,9,12,16,20H,7-8,10-11,13H2,1-3H3. The molecule has 3 heterocycles. The van der Waals surface area contributed by atoms with E-state index < -0.39 is 0 Å². The zero-order valence-electron chi connectivity index (χ0n) is 14.7. The first-order valence-electron chi connectivity index (χ1n) is 8.63. The van der Waals surface area contributed by atoms with E-state index in [9.17, 15) is 4.79 Å². The van der Waals surface area contributed by atoms with E-state index in [0.29, 0.717) is 12.6 Å². The molecule has 0 spiro atoms. The van der Waals surface area contributed by atoms with Crippen molar-refractivity contribution in [2.45, 2.75) is 39.3 Å². The lowest BCUT2D eigenvalue weighted by Gasteiger charge is -2.31. The maximum Gasteiger partial charge on any atom is 0.255 e. The predicted octanol–water partition coefficient (Wildman–Crippen LogP) is 2.37. The number of carbonyl (C=O) groups excluding carboxylic acids is 1. The van der Waals surface area contributed by atoms with Gasteiger partial charge in [0.15, 0.2) is 0 Å². The summed E-state index contributed by atoms with van der Waals surface area (Å²) in [5.74, 6) is 0.157. The molecule has 1 amide bonds. The van der Waals surface area contributed by atoms with Crippen LogP contribution in [0, 0.1) is 13.8 Å². The largest absolute Gasteiger partial charge is 0.342 e. The number of hydrogen-bond acceptors (Lipinski definition) is 3. The summed E-state index contributed by atoms with van der Waals surface area (Å²) < 4.78 is 2.18. The molecule has 3 rings (SSSR count). The molecule has 0 radical (unpaired) electrons. The molecule has 2 aromatic heterocycles. The van der Waals surface area contributed by atoms with Gasteiger partial charge in [0.2, 0.25) is 0 Å². The number of amides is 1. The van der Waals surface area contributed by atoms with Crippen molar-refractivity contribution in [1.29, 1.82) is 0 Å². The van der Waals surface area contributed by atoms with E-state index in [0.717, 1.165) is 48.6 Å². The van der Waals surface area contributed by atoms with Crippen LogP contribution >= 0.6 is 0 Å². The van der Waals surface area contributed by atoms with Crippen molar-refractivity contribution in [3.8, 4) is 0 Å². The molecule has 0 saturated carbocycles. The fourth-order valence-electron chi connectivity index (χ4n) is 3.46. The number of aromatic nitrogens is 2. The van der Waals surface area contributed by atoms with Gasteiger partial charge >= 0.3 is 0 Å². The Kier molecular flexibility index (Phi) is 5.00. The zero-order valence-corrected chi connectivity index (χ0v) is 14.7. The molecule has 128 valence electrons. The highest BCUT2D eigenvalue weighted by atomic mass is 16.2. The summed E-state index contributed by atoms with van der Waals surface area (Å²) in [7, 11) is 1.99. The average molecular weight is 326 g/mol. The molecule has 1 aliphatic heterocycles. The SMILES string of the molecule is CNC1CCN(C(=O)c2cc(C)n(Cc3ccccn3)c2C)CC1. The lowest BCUT2D eigenvalue weighted by atomic mass is 10.0. The van der Waals surface area contributed by atoms with Crippen LogP contribution < -0.4 is 5.32 Å². The van der Waals surface area contributed by atoms with Crippen molar-refractivity contribution >= 4 is 5.91 Å². The van der Waals surface area contributed by atoms with Crippen molar-refractivity contribution in [1.82, 2.24) is 19.8 Å². The molecule has 1 fully saturated rings. The highest BCUT2D eigenvalue weighted by Gasteiger charge is 2.25. The molecule has 0 bridgehead atoms.